The minimum atomic E-state index is 0.0732. The van der Waals surface area contributed by atoms with Crippen molar-refractivity contribution in [3.05, 3.63) is 58.6 Å². The first-order valence-corrected chi connectivity index (χ1v) is 7.30. The molecule has 2 aromatic rings. The van der Waals surface area contributed by atoms with Crippen LogP contribution in [0.15, 0.2) is 42.5 Å². The Bertz CT molecular complexity index is 584. The lowest BCUT2D eigenvalue weighted by atomic mass is 9.98. The van der Waals surface area contributed by atoms with E-state index in [2.05, 4.69) is 17.4 Å². The van der Waals surface area contributed by atoms with Crippen LogP contribution < -0.4 is 14.8 Å². The molecule has 0 radical (unpaired) electrons. The summed E-state index contributed by atoms with van der Waals surface area (Å²) in [5.74, 6) is 1.56. The van der Waals surface area contributed by atoms with Crippen molar-refractivity contribution in [3.63, 3.8) is 0 Å². The molecule has 0 bridgehead atoms. The van der Waals surface area contributed by atoms with E-state index in [0.717, 1.165) is 16.9 Å². The van der Waals surface area contributed by atoms with Gasteiger partial charge in [-0.25, -0.2) is 0 Å². The molecule has 0 amide bonds. The molecule has 0 fully saturated rings. The summed E-state index contributed by atoms with van der Waals surface area (Å²) in [6, 6.07) is 14.0. The number of halogens is 1. The smallest absolute Gasteiger partial charge is 0.137 e. The van der Waals surface area contributed by atoms with Crippen molar-refractivity contribution in [1.29, 1.82) is 0 Å². The first kappa shape index (κ1) is 15.7. The van der Waals surface area contributed by atoms with Crippen LogP contribution in [0.3, 0.4) is 0 Å². The topological polar surface area (TPSA) is 30.5 Å². The van der Waals surface area contributed by atoms with Gasteiger partial charge in [0.05, 0.1) is 24.8 Å². The highest BCUT2D eigenvalue weighted by Crippen LogP contribution is 2.30. The van der Waals surface area contributed by atoms with E-state index in [-0.39, 0.29) is 6.04 Å². The molecule has 2 rings (SSSR count). The maximum Gasteiger partial charge on any atom is 0.137 e. The molecule has 1 N–H and O–H groups in total. The van der Waals surface area contributed by atoms with E-state index in [4.69, 9.17) is 21.1 Å². The second kappa shape index (κ2) is 7.34. The molecule has 0 spiro atoms. The summed E-state index contributed by atoms with van der Waals surface area (Å²) < 4.78 is 10.7. The average molecular weight is 306 g/mol. The molecule has 1 unspecified atom stereocenters. The summed E-state index contributed by atoms with van der Waals surface area (Å²) in [5, 5.41) is 3.92. The number of hydrogen-bond donors (Lipinski definition) is 1. The van der Waals surface area contributed by atoms with Gasteiger partial charge in [-0.2, -0.15) is 0 Å². The van der Waals surface area contributed by atoms with Crippen LogP contribution in [-0.2, 0) is 0 Å². The number of benzene rings is 2. The third-order valence-corrected chi connectivity index (χ3v) is 3.62. The summed E-state index contributed by atoms with van der Waals surface area (Å²) >= 11 is 6.21. The lowest BCUT2D eigenvalue weighted by Gasteiger charge is -2.18. The zero-order valence-electron chi connectivity index (χ0n) is 12.5. The monoisotopic (exact) mass is 305 g/mol. The molecule has 0 saturated heterocycles. The second-order valence-electron chi connectivity index (χ2n) is 4.62. The van der Waals surface area contributed by atoms with Gasteiger partial charge in [-0.05, 0) is 49.4 Å². The Morgan fingerprint density at radius 2 is 1.76 bits per heavy atom. The molecule has 0 aliphatic heterocycles. The molecule has 0 aliphatic carbocycles. The third kappa shape index (κ3) is 3.69. The maximum atomic E-state index is 6.21. The number of rotatable bonds is 6. The Morgan fingerprint density at radius 3 is 2.29 bits per heavy atom. The van der Waals surface area contributed by atoms with Crippen LogP contribution in [0, 0.1) is 0 Å². The zero-order chi connectivity index (χ0) is 15.2. The second-order valence-corrected chi connectivity index (χ2v) is 5.02. The maximum absolute atomic E-state index is 6.21. The molecular formula is C17H20ClNO2. The van der Waals surface area contributed by atoms with E-state index < -0.39 is 0 Å². The number of ether oxygens (including phenoxy) is 2. The summed E-state index contributed by atoms with van der Waals surface area (Å²) in [6.07, 6.45) is 0. The fourth-order valence-corrected chi connectivity index (χ4v) is 2.58. The van der Waals surface area contributed by atoms with Crippen molar-refractivity contribution in [3.8, 4) is 11.5 Å². The van der Waals surface area contributed by atoms with Gasteiger partial charge in [0.15, 0.2) is 0 Å². The SMILES string of the molecule is CCOc1ccc(C(NC)c2ccc(OC)c(Cl)c2)cc1. The number of nitrogens with one attached hydrogen (secondary N) is 1. The van der Waals surface area contributed by atoms with E-state index in [9.17, 15) is 0 Å². The minimum Gasteiger partial charge on any atom is -0.495 e. The summed E-state index contributed by atoms with van der Waals surface area (Å²) in [5.41, 5.74) is 2.25. The van der Waals surface area contributed by atoms with E-state index >= 15 is 0 Å². The molecule has 4 heteroatoms. The molecule has 3 nitrogen and oxygen atoms in total. The largest absolute Gasteiger partial charge is 0.495 e. The van der Waals surface area contributed by atoms with Crippen molar-refractivity contribution in [1.82, 2.24) is 5.32 Å². The Balaban J connectivity index is 2.28. The lowest BCUT2D eigenvalue weighted by Crippen LogP contribution is -2.17. The number of methoxy groups -OCH3 is 1. The van der Waals surface area contributed by atoms with Gasteiger partial charge in [0.2, 0.25) is 0 Å². The molecule has 0 aliphatic rings. The van der Waals surface area contributed by atoms with Crippen LogP contribution in [0.25, 0.3) is 0 Å². The van der Waals surface area contributed by atoms with Gasteiger partial charge < -0.3 is 14.8 Å². The molecule has 0 heterocycles. The van der Waals surface area contributed by atoms with E-state index in [1.165, 1.54) is 0 Å². The molecular weight excluding hydrogens is 286 g/mol. The Labute approximate surface area is 130 Å². The first-order chi connectivity index (χ1) is 10.2. The third-order valence-electron chi connectivity index (χ3n) is 3.32. The van der Waals surface area contributed by atoms with Crippen molar-refractivity contribution >= 4 is 11.6 Å². The fraction of sp³-hybridized carbons (Fsp3) is 0.294. The van der Waals surface area contributed by atoms with Crippen LogP contribution in [0.5, 0.6) is 11.5 Å². The van der Waals surface area contributed by atoms with Crippen LogP contribution >= 0.6 is 11.6 Å². The standard InChI is InChI=1S/C17H20ClNO2/c1-4-21-14-8-5-12(6-9-14)17(19-2)13-7-10-16(20-3)15(18)11-13/h5-11,17,19H,4H2,1-3H3. The van der Waals surface area contributed by atoms with Gasteiger partial charge in [0, 0.05) is 0 Å². The summed E-state index contributed by atoms with van der Waals surface area (Å²) in [4.78, 5) is 0. The average Bonchev–Trinajstić information content (AvgIpc) is 2.50. The van der Waals surface area contributed by atoms with Gasteiger partial charge >= 0.3 is 0 Å². The summed E-state index contributed by atoms with van der Waals surface area (Å²) in [6.45, 7) is 2.65. The van der Waals surface area contributed by atoms with Crippen molar-refractivity contribution < 1.29 is 9.47 Å². The molecule has 112 valence electrons. The van der Waals surface area contributed by atoms with Gasteiger partial charge in [-0.3, -0.25) is 0 Å². The van der Waals surface area contributed by atoms with Gasteiger partial charge in [-0.1, -0.05) is 29.8 Å². The van der Waals surface area contributed by atoms with Crippen molar-refractivity contribution in [2.24, 2.45) is 0 Å². The van der Waals surface area contributed by atoms with Crippen molar-refractivity contribution in [2.75, 3.05) is 20.8 Å². The highest BCUT2D eigenvalue weighted by molar-refractivity contribution is 6.32. The zero-order valence-corrected chi connectivity index (χ0v) is 13.3. The Hall–Kier alpha value is -1.71. The normalized spacial score (nSPS) is 12.0. The molecule has 0 aromatic heterocycles. The first-order valence-electron chi connectivity index (χ1n) is 6.93. The minimum absolute atomic E-state index is 0.0732. The van der Waals surface area contributed by atoms with Crippen molar-refractivity contribution in [2.45, 2.75) is 13.0 Å². The van der Waals surface area contributed by atoms with Crippen LogP contribution in [0.2, 0.25) is 5.02 Å². The molecule has 2 aromatic carbocycles. The highest BCUT2D eigenvalue weighted by atomic mass is 35.5. The Kier molecular flexibility index (Phi) is 5.48. The van der Waals surface area contributed by atoms with Crippen LogP contribution in [0.4, 0.5) is 0 Å². The summed E-state index contributed by atoms with van der Waals surface area (Å²) in [7, 11) is 3.54. The molecule has 1 atom stereocenters. The van der Waals surface area contributed by atoms with Gasteiger partial charge in [0.1, 0.15) is 11.5 Å². The van der Waals surface area contributed by atoms with E-state index in [1.54, 1.807) is 7.11 Å². The predicted octanol–water partition coefficient (Wildman–Crippen LogP) is 4.06. The van der Waals surface area contributed by atoms with E-state index in [1.807, 2.05) is 44.3 Å². The highest BCUT2D eigenvalue weighted by Gasteiger charge is 2.14. The molecule has 21 heavy (non-hydrogen) atoms. The van der Waals surface area contributed by atoms with Gasteiger partial charge in [-0.15, -0.1) is 0 Å². The van der Waals surface area contributed by atoms with E-state index in [0.29, 0.717) is 17.4 Å². The number of hydrogen-bond acceptors (Lipinski definition) is 3. The predicted molar refractivity (Wildman–Crippen MR) is 86.5 cm³/mol. The lowest BCUT2D eigenvalue weighted by molar-refractivity contribution is 0.340. The van der Waals surface area contributed by atoms with Crippen LogP contribution in [0.1, 0.15) is 24.1 Å². The van der Waals surface area contributed by atoms with Gasteiger partial charge in [0.25, 0.3) is 0 Å². The molecule has 0 saturated carbocycles. The van der Waals surface area contributed by atoms with Crippen LogP contribution in [-0.4, -0.2) is 20.8 Å². The quantitative estimate of drug-likeness (QED) is 0.873. The Morgan fingerprint density at radius 1 is 1.10 bits per heavy atom. The fourth-order valence-electron chi connectivity index (χ4n) is 2.31.